The minimum absolute atomic E-state index is 0.0608. The molecule has 1 saturated heterocycles. The lowest BCUT2D eigenvalue weighted by Gasteiger charge is -2.28. The van der Waals surface area contributed by atoms with Gasteiger partial charge in [0.2, 0.25) is 5.91 Å². The highest BCUT2D eigenvalue weighted by Crippen LogP contribution is 2.27. The fourth-order valence-electron chi connectivity index (χ4n) is 3.62. The summed E-state index contributed by atoms with van der Waals surface area (Å²) in [7, 11) is 0. The maximum Gasteiger partial charge on any atom is 0.261 e. The molecule has 3 aromatic carbocycles. The summed E-state index contributed by atoms with van der Waals surface area (Å²) in [5, 5.41) is 0. The number of carbonyl (C=O) groups excluding carboxylic acids is 3. The van der Waals surface area contributed by atoms with Crippen LogP contribution in [0.3, 0.4) is 0 Å². The molecule has 1 aliphatic heterocycles. The van der Waals surface area contributed by atoms with E-state index >= 15 is 0 Å². The van der Waals surface area contributed by atoms with Gasteiger partial charge < -0.3 is 9.64 Å². The van der Waals surface area contributed by atoms with Crippen LogP contribution >= 0.6 is 22.6 Å². The van der Waals surface area contributed by atoms with Gasteiger partial charge in [0.15, 0.2) is 6.61 Å². The molecule has 6 nitrogen and oxygen atoms in total. The van der Waals surface area contributed by atoms with E-state index < -0.39 is 11.9 Å². The number of para-hydroxylation sites is 1. The first kappa shape index (κ1) is 22.0. The molecule has 1 atom stereocenters. The van der Waals surface area contributed by atoms with Crippen LogP contribution < -0.4 is 9.64 Å². The molecule has 0 radical (unpaired) electrons. The fourth-order valence-corrected chi connectivity index (χ4v) is 3.98. The lowest BCUT2D eigenvalue weighted by atomic mass is 10.1. The number of hydrogen-bond donors (Lipinski definition) is 0. The van der Waals surface area contributed by atoms with Crippen LogP contribution in [-0.4, -0.2) is 35.3 Å². The number of ether oxygens (including phenoxy) is 1. The summed E-state index contributed by atoms with van der Waals surface area (Å²) in [6.07, 6.45) is -0.0608. The van der Waals surface area contributed by atoms with Crippen molar-refractivity contribution in [2.45, 2.75) is 19.0 Å². The lowest BCUT2D eigenvalue weighted by Crippen LogP contribution is -2.46. The number of carbonyl (C=O) groups is 3. The van der Waals surface area contributed by atoms with E-state index in [2.05, 4.69) is 22.6 Å². The second kappa shape index (κ2) is 9.95. The summed E-state index contributed by atoms with van der Waals surface area (Å²) < 4.78 is 6.63. The first-order chi connectivity index (χ1) is 15.5. The zero-order chi connectivity index (χ0) is 22.5. The molecular formula is C25H21IN2O4. The van der Waals surface area contributed by atoms with Crippen LogP contribution in [0.15, 0.2) is 84.9 Å². The smallest absolute Gasteiger partial charge is 0.261 e. The van der Waals surface area contributed by atoms with Gasteiger partial charge in [-0.15, -0.1) is 0 Å². The Morgan fingerprint density at radius 3 is 2.22 bits per heavy atom. The van der Waals surface area contributed by atoms with Crippen molar-refractivity contribution < 1.29 is 19.1 Å². The molecule has 1 unspecified atom stereocenters. The van der Waals surface area contributed by atoms with E-state index in [4.69, 9.17) is 4.74 Å². The Kier molecular flexibility index (Phi) is 6.84. The van der Waals surface area contributed by atoms with Crippen molar-refractivity contribution >= 4 is 46.0 Å². The Bertz CT molecular complexity index is 1100. The first-order valence-corrected chi connectivity index (χ1v) is 11.2. The second-order valence-corrected chi connectivity index (χ2v) is 8.62. The number of benzene rings is 3. The van der Waals surface area contributed by atoms with Gasteiger partial charge in [0, 0.05) is 10.1 Å². The number of nitrogens with zero attached hydrogens (tertiary/aromatic N) is 2. The standard InChI is InChI=1S/C25H21IN2O4/c26-19-11-13-20(14-12-19)28-23(29)15-22(25(28)31)27(16-18-7-3-1-4-8-18)24(30)17-32-21-9-5-2-6-10-21/h1-14,22H,15-17H2. The quantitative estimate of drug-likeness (QED) is 0.336. The van der Waals surface area contributed by atoms with E-state index in [1.54, 1.807) is 24.3 Å². The predicted molar refractivity (Wildman–Crippen MR) is 129 cm³/mol. The number of anilines is 1. The van der Waals surface area contributed by atoms with Crippen molar-refractivity contribution in [1.29, 1.82) is 0 Å². The van der Waals surface area contributed by atoms with E-state index in [1.165, 1.54) is 9.80 Å². The number of imide groups is 1. The van der Waals surface area contributed by atoms with Crippen LogP contribution in [0.4, 0.5) is 5.69 Å². The van der Waals surface area contributed by atoms with Crippen molar-refractivity contribution in [3.05, 3.63) is 94.1 Å². The minimum Gasteiger partial charge on any atom is -0.484 e. The molecule has 0 spiro atoms. The Hall–Kier alpha value is -3.20. The van der Waals surface area contributed by atoms with Gasteiger partial charge in [0.25, 0.3) is 11.8 Å². The Balaban J connectivity index is 1.57. The molecule has 162 valence electrons. The third-order valence-corrected chi connectivity index (χ3v) is 5.92. The van der Waals surface area contributed by atoms with Crippen molar-refractivity contribution in [3.63, 3.8) is 0 Å². The molecular weight excluding hydrogens is 519 g/mol. The zero-order valence-corrected chi connectivity index (χ0v) is 19.3. The molecule has 7 heteroatoms. The molecule has 1 heterocycles. The largest absolute Gasteiger partial charge is 0.484 e. The molecule has 0 aromatic heterocycles. The van der Waals surface area contributed by atoms with Gasteiger partial charge in [-0.1, -0.05) is 48.5 Å². The summed E-state index contributed by atoms with van der Waals surface area (Å²) in [6.45, 7) is -0.0135. The van der Waals surface area contributed by atoms with Gasteiger partial charge in [-0.3, -0.25) is 14.4 Å². The average Bonchev–Trinajstić information content (AvgIpc) is 3.11. The molecule has 3 aromatic rings. The molecule has 32 heavy (non-hydrogen) atoms. The number of hydrogen-bond acceptors (Lipinski definition) is 4. The van der Waals surface area contributed by atoms with Crippen molar-refractivity contribution in [3.8, 4) is 5.75 Å². The predicted octanol–water partition coefficient (Wildman–Crippen LogP) is 4.03. The topological polar surface area (TPSA) is 66.9 Å². The van der Waals surface area contributed by atoms with Crippen LogP contribution in [0.2, 0.25) is 0 Å². The lowest BCUT2D eigenvalue weighted by molar-refractivity contribution is -0.140. The van der Waals surface area contributed by atoms with Crippen LogP contribution in [-0.2, 0) is 20.9 Å². The first-order valence-electron chi connectivity index (χ1n) is 10.2. The average molecular weight is 540 g/mol. The van der Waals surface area contributed by atoms with Crippen molar-refractivity contribution in [2.24, 2.45) is 0 Å². The summed E-state index contributed by atoms with van der Waals surface area (Å²) in [4.78, 5) is 41.8. The van der Waals surface area contributed by atoms with Gasteiger partial charge in [0.05, 0.1) is 12.1 Å². The van der Waals surface area contributed by atoms with Crippen molar-refractivity contribution in [1.82, 2.24) is 4.90 Å². The normalized spacial score (nSPS) is 15.7. The molecule has 3 amide bonds. The summed E-state index contributed by atoms with van der Waals surface area (Å²) in [6, 6.07) is 24.7. The Morgan fingerprint density at radius 1 is 0.938 bits per heavy atom. The van der Waals surface area contributed by atoms with E-state index in [0.29, 0.717) is 11.4 Å². The summed E-state index contributed by atoms with van der Waals surface area (Å²) >= 11 is 2.16. The second-order valence-electron chi connectivity index (χ2n) is 7.37. The Labute approximate surface area is 199 Å². The SMILES string of the molecule is O=C1CC(N(Cc2ccccc2)C(=O)COc2ccccc2)C(=O)N1c1ccc(I)cc1. The van der Waals surface area contributed by atoms with Gasteiger partial charge >= 0.3 is 0 Å². The molecule has 1 aliphatic rings. The number of amides is 3. The monoisotopic (exact) mass is 540 g/mol. The van der Waals surface area contributed by atoms with Gasteiger partial charge in [-0.2, -0.15) is 0 Å². The molecule has 0 saturated carbocycles. The maximum absolute atomic E-state index is 13.3. The van der Waals surface area contributed by atoms with Crippen LogP contribution in [0.5, 0.6) is 5.75 Å². The van der Waals surface area contributed by atoms with Gasteiger partial charge in [-0.25, -0.2) is 4.90 Å². The Morgan fingerprint density at radius 2 is 1.56 bits per heavy atom. The maximum atomic E-state index is 13.3. The highest BCUT2D eigenvalue weighted by Gasteiger charge is 2.44. The molecule has 1 fully saturated rings. The zero-order valence-electron chi connectivity index (χ0n) is 17.2. The molecule has 0 bridgehead atoms. The van der Waals surface area contributed by atoms with Crippen LogP contribution in [0.25, 0.3) is 0 Å². The van der Waals surface area contributed by atoms with Crippen LogP contribution in [0, 0.1) is 3.57 Å². The van der Waals surface area contributed by atoms with Crippen LogP contribution in [0.1, 0.15) is 12.0 Å². The number of halogens is 1. The summed E-state index contributed by atoms with van der Waals surface area (Å²) in [5.74, 6) is -0.514. The highest BCUT2D eigenvalue weighted by molar-refractivity contribution is 14.1. The van der Waals surface area contributed by atoms with E-state index in [0.717, 1.165) is 9.13 Å². The van der Waals surface area contributed by atoms with Crippen molar-refractivity contribution in [2.75, 3.05) is 11.5 Å². The molecule has 0 aliphatic carbocycles. The van der Waals surface area contributed by atoms with E-state index in [-0.39, 0.29) is 31.4 Å². The third-order valence-electron chi connectivity index (χ3n) is 5.21. The molecule has 0 N–H and O–H groups in total. The molecule has 4 rings (SSSR count). The highest BCUT2D eigenvalue weighted by atomic mass is 127. The van der Waals surface area contributed by atoms with Gasteiger partial charge in [-0.05, 0) is 64.6 Å². The minimum atomic E-state index is -0.881. The van der Waals surface area contributed by atoms with E-state index in [9.17, 15) is 14.4 Å². The summed E-state index contributed by atoms with van der Waals surface area (Å²) in [5.41, 5.74) is 1.38. The fraction of sp³-hybridized carbons (Fsp3) is 0.160. The van der Waals surface area contributed by atoms with E-state index in [1.807, 2.05) is 60.7 Å². The van der Waals surface area contributed by atoms with Gasteiger partial charge in [0.1, 0.15) is 11.8 Å². The third kappa shape index (κ3) is 4.99. The number of rotatable bonds is 7.